The van der Waals surface area contributed by atoms with E-state index in [2.05, 4.69) is 0 Å². The Bertz CT molecular complexity index is 751. The Kier molecular flexibility index (Phi) is 3.70. The second kappa shape index (κ2) is 5.49. The molecule has 1 atom stereocenters. The first-order chi connectivity index (χ1) is 9.65. The SMILES string of the molecule is NC(Cc1ccc(Cl)cc1Cl)c1coc2ccccc12. The van der Waals surface area contributed by atoms with Gasteiger partial charge in [-0.05, 0) is 30.2 Å². The van der Waals surface area contributed by atoms with Crippen LogP contribution in [-0.4, -0.2) is 0 Å². The Morgan fingerprint density at radius 2 is 1.90 bits per heavy atom. The van der Waals surface area contributed by atoms with Gasteiger partial charge in [-0.1, -0.05) is 47.5 Å². The Morgan fingerprint density at radius 3 is 2.70 bits per heavy atom. The molecule has 3 aromatic rings. The van der Waals surface area contributed by atoms with Crippen molar-refractivity contribution in [3.63, 3.8) is 0 Å². The summed E-state index contributed by atoms with van der Waals surface area (Å²) in [5.74, 6) is 0. The molecule has 3 rings (SSSR count). The van der Waals surface area contributed by atoms with Gasteiger partial charge in [-0.3, -0.25) is 0 Å². The summed E-state index contributed by atoms with van der Waals surface area (Å²) >= 11 is 12.1. The highest BCUT2D eigenvalue weighted by Crippen LogP contribution is 2.29. The molecule has 1 unspecified atom stereocenters. The van der Waals surface area contributed by atoms with Crippen molar-refractivity contribution in [1.29, 1.82) is 0 Å². The summed E-state index contributed by atoms with van der Waals surface area (Å²) in [7, 11) is 0. The Morgan fingerprint density at radius 1 is 1.10 bits per heavy atom. The lowest BCUT2D eigenvalue weighted by molar-refractivity contribution is 0.599. The number of nitrogens with two attached hydrogens (primary N) is 1. The molecule has 0 saturated carbocycles. The lowest BCUT2D eigenvalue weighted by Gasteiger charge is -2.12. The topological polar surface area (TPSA) is 39.2 Å². The van der Waals surface area contributed by atoms with E-state index in [-0.39, 0.29) is 6.04 Å². The van der Waals surface area contributed by atoms with Crippen LogP contribution in [-0.2, 0) is 6.42 Å². The molecular weight excluding hydrogens is 293 g/mol. The molecule has 0 aliphatic carbocycles. The predicted octanol–water partition coefficient (Wildman–Crippen LogP) is 4.98. The normalized spacial score (nSPS) is 12.8. The van der Waals surface area contributed by atoms with Crippen LogP contribution in [0.2, 0.25) is 10.0 Å². The highest BCUT2D eigenvalue weighted by molar-refractivity contribution is 6.35. The second-order valence-electron chi connectivity index (χ2n) is 4.73. The van der Waals surface area contributed by atoms with Crippen molar-refractivity contribution in [3.05, 3.63) is 69.9 Å². The largest absolute Gasteiger partial charge is 0.464 e. The number of fused-ring (bicyclic) bond motifs is 1. The van der Waals surface area contributed by atoms with Gasteiger partial charge in [-0.15, -0.1) is 0 Å². The first-order valence-electron chi connectivity index (χ1n) is 6.31. The van der Waals surface area contributed by atoms with Crippen LogP contribution < -0.4 is 5.73 Å². The maximum Gasteiger partial charge on any atom is 0.134 e. The third-order valence-electron chi connectivity index (χ3n) is 3.37. The van der Waals surface area contributed by atoms with Gasteiger partial charge in [-0.2, -0.15) is 0 Å². The number of halogens is 2. The molecule has 0 spiro atoms. The van der Waals surface area contributed by atoms with E-state index >= 15 is 0 Å². The van der Waals surface area contributed by atoms with Crippen LogP contribution in [0, 0.1) is 0 Å². The van der Waals surface area contributed by atoms with E-state index < -0.39 is 0 Å². The smallest absolute Gasteiger partial charge is 0.134 e. The van der Waals surface area contributed by atoms with Crippen LogP contribution in [0.5, 0.6) is 0 Å². The first-order valence-corrected chi connectivity index (χ1v) is 7.06. The molecule has 0 amide bonds. The van der Waals surface area contributed by atoms with Gasteiger partial charge in [0.1, 0.15) is 5.58 Å². The summed E-state index contributed by atoms with van der Waals surface area (Å²) in [5, 5.41) is 2.31. The molecule has 2 N–H and O–H groups in total. The minimum Gasteiger partial charge on any atom is -0.464 e. The Hall–Kier alpha value is -1.48. The van der Waals surface area contributed by atoms with Crippen molar-refractivity contribution >= 4 is 34.2 Å². The van der Waals surface area contributed by atoms with Crippen LogP contribution in [0.1, 0.15) is 17.2 Å². The molecule has 1 aromatic heterocycles. The zero-order valence-electron chi connectivity index (χ0n) is 10.6. The molecule has 0 aliphatic heterocycles. The number of rotatable bonds is 3. The highest BCUT2D eigenvalue weighted by Gasteiger charge is 2.15. The molecule has 4 heteroatoms. The standard InChI is InChI=1S/C16H13Cl2NO/c17-11-6-5-10(14(18)8-11)7-15(19)13-9-20-16-4-2-1-3-12(13)16/h1-6,8-9,15H,7,19H2. The van der Waals surface area contributed by atoms with E-state index in [1.54, 1.807) is 12.3 Å². The van der Waals surface area contributed by atoms with Crippen molar-refractivity contribution in [2.45, 2.75) is 12.5 Å². The van der Waals surface area contributed by atoms with Gasteiger partial charge in [0, 0.05) is 27.0 Å². The van der Waals surface area contributed by atoms with Crippen molar-refractivity contribution in [3.8, 4) is 0 Å². The van der Waals surface area contributed by atoms with E-state index in [0.717, 1.165) is 22.1 Å². The molecule has 20 heavy (non-hydrogen) atoms. The molecule has 0 fully saturated rings. The predicted molar refractivity (Wildman–Crippen MR) is 83.3 cm³/mol. The Balaban J connectivity index is 1.91. The summed E-state index contributed by atoms with van der Waals surface area (Å²) in [6.07, 6.45) is 2.36. The zero-order chi connectivity index (χ0) is 14.1. The third-order valence-corrected chi connectivity index (χ3v) is 3.95. The molecule has 102 valence electrons. The molecule has 1 heterocycles. The van der Waals surface area contributed by atoms with Crippen molar-refractivity contribution < 1.29 is 4.42 Å². The van der Waals surface area contributed by atoms with Crippen molar-refractivity contribution in [2.24, 2.45) is 5.73 Å². The average Bonchev–Trinajstić information content (AvgIpc) is 2.86. The lowest BCUT2D eigenvalue weighted by atomic mass is 9.99. The van der Waals surface area contributed by atoms with E-state index in [0.29, 0.717) is 16.5 Å². The van der Waals surface area contributed by atoms with E-state index in [4.69, 9.17) is 33.4 Å². The number of furan rings is 1. The zero-order valence-corrected chi connectivity index (χ0v) is 12.2. The maximum absolute atomic E-state index is 6.29. The van der Waals surface area contributed by atoms with E-state index in [1.165, 1.54) is 0 Å². The summed E-state index contributed by atoms with van der Waals surface area (Å²) in [5.41, 5.74) is 9.11. The van der Waals surface area contributed by atoms with E-state index in [1.807, 2.05) is 36.4 Å². The first kappa shape index (κ1) is 13.5. The number of hydrogen-bond donors (Lipinski definition) is 1. The van der Waals surface area contributed by atoms with Crippen molar-refractivity contribution in [1.82, 2.24) is 0 Å². The third kappa shape index (κ3) is 2.55. The van der Waals surface area contributed by atoms with Gasteiger partial charge in [0.25, 0.3) is 0 Å². The van der Waals surface area contributed by atoms with Gasteiger partial charge < -0.3 is 10.2 Å². The van der Waals surface area contributed by atoms with Gasteiger partial charge >= 0.3 is 0 Å². The summed E-state index contributed by atoms with van der Waals surface area (Å²) in [4.78, 5) is 0. The monoisotopic (exact) mass is 305 g/mol. The second-order valence-corrected chi connectivity index (χ2v) is 5.58. The van der Waals surface area contributed by atoms with Crippen LogP contribution >= 0.6 is 23.2 Å². The van der Waals surface area contributed by atoms with Gasteiger partial charge in [0.05, 0.1) is 6.26 Å². The quantitative estimate of drug-likeness (QED) is 0.741. The fraction of sp³-hybridized carbons (Fsp3) is 0.125. The van der Waals surface area contributed by atoms with Gasteiger partial charge in [0.2, 0.25) is 0 Å². The van der Waals surface area contributed by atoms with Crippen LogP contribution in [0.15, 0.2) is 53.1 Å². The number of hydrogen-bond acceptors (Lipinski definition) is 2. The maximum atomic E-state index is 6.29. The average molecular weight is 306 g/mol. The molecule has 0 saturated heterocycles. The summed E-state index contributed by atoms with van der Waals surface area (Å²) in [6.45, 7) is 0. The van der Waals surface area contributed by atoms with Gasteiger partial charge in [0.15, 0.2) is 0 Å². The van der Waals surface area contributed by atoms with Crippen LogP contribution in [0.4, 0.5) is 0 Å². The van der Waals surface area contributed by atoms with Gasteiger partial charge in [-0.25, -0.2) is 0 Å². The number of para-hydroxylation sites is 1. The fourth-order valence-electron chi connectivity index (χ4n) is 2.32. The number of benzene rings is 2. The Labute approximate surface area is 127 Å². The highest BCUT2D eigenvalue weighted by atomic mass is 35.5. The molecule has 2 nitrogen and oxygen atoms in total. The summed E-state index contributed by atoms with van der Waals surface area (Å²) < 4.78 is 5.52. The minimum absolute atomic E-state index is 0.169. The van der Waals surface area contributed by atoms with Crippen LogP contribution in [0.3, 0.4) is 0 Å². The minimum atomic E-state index is -0.169. The fourth-order valence-corrected chi connectivity index (χ4v) is 2.81. The molecule has 0 radical (unpaired) electrons. The van der Waals surface area contributed by atoms with E-state index in [9.17, 15) is 0 Å². The summed E-state index contributed by atoms with van der Waals surface area (Å²) in [6, 6.07) is 13.2. The molecule has 2 aromatic carbocycles. The lowest BCUT2D eigenvalue weighted by Crippen LogP contribution is -2.13. The molecule has 0 aliphatic rings. The molecular formula is C16H13Cl2NO. The molecule has 0 bridgehead atoms. The van der Waals surface area contributed by atoms with Crippen LogP contribution in [0.25, 0.3) is 11.0 Å². The van der Waals surface area contributed by atoms with Crippen molar-refractivity contribution in [2.75, 3.05) is 0 Å².